The van der Waals surface area contributed by atoms with Crippen molar-refractivity contribution in [1.82, 2.24) is 0 Å². The van der Waals surface area contributed by atoms with Gasteiger partial charge in [0.25, 0.3) is 5.91 Å². The van der Waals surface area contributed by atoms with Crippen LogP contribution in [0.15, 0.2) is 17.3 Å². The van der Waals surface area contributed by atoms with Gasteiger partial charge in [-0.15, -0.1) is 4.91 Å². The third-order valence-corrected chi connectivity index (χ3v) is 2.61. The van der Waals surface area contributed by atoms with Gasteiger partial charge in [-0.25, -0.2) is 0 Å². The summed E-state index contributed by atoms with van der Waals surface area (Å²) in [5, 5.41) is 5.75. The van der Waals surface area contributed by atoms with Crippen molar-refractivity contribution in [2.24, 2.45) is 5.18 Å². The van der Waals surface area contributed by atoms with Crippen molar-refractivity contribution in [2.75, 3.05) is 5.32 Å². The van der Waals surface area contributed by atoms with Crippen LogP contribution in [0.25, 0.3) is 0 Å². The molecule has 1 aromatic carbocycles. The molecule has 2 rings (SSSR count). The first-order valence-corrected chi connectivity index (χ1v) is 4.45. The second kappa shape index (κ2) is 3.06. The van der Waals surface area contributed by atoms with E-state index in [1.807, 2.05) is 6.92 Å². The molecule has 1 unspecified atom stereocenters. The molecule has 1 aromatic rings. The third kappa shape index (κ3) is 1.11. The van der Waals surface area contributed by atoms with Gasteiger partial charge in [-0.2, -0.15) is 0 Å². The van der Waals surface area contributed by atoms with Crippen LogP contribution in [0.3, 0.4) is 0 Å². The number of carbonyl (C=O) groups excluding carboxylic acids is 1. The zero-order chi connectivity index (χ0) is 10.3. The molecule has 1 heterocycles. The number of nitrogens with one attached hydrogen (secondary N) is 1. The molecule has 0 aromatic heterocycles. The Bertz CT molecular complexity index is 431. The molecule has 0 spiro atoms. The molecule has 4 nitrogen and oxygen atoms in total. The molecule has 1 atom stereocenters. The summed E-state index contributed by atoms with van der Waals surface area (Å²) in [6.45, 7) is 1.84. The van der Waals surface area contributed by atoms with Crippen molar-refractivity contribution in [3.63, 3.8) is 0 Å². The van der Waals surface area contributed by atoms with Crippen LogP contribution in [0.4, 0.5) is 5.69 Å². The summed E-state index contributed by atoms with van der Waals surface area (Å²) in [5.41, 5.74) is 1.99. The number of carbonyl (C=O) groups is 1. The average molecular weight is 211 g/mol. The zero-order valence-corrected chi connectivity index (χ0v) is 8.13. The SMILES string of the molecule is Cc1ccc(Cl)c2c1NC(=O)C2N=O. The van der Waals surface area contributed by atoms with Crippen LogP contribution in [0, 0.1) is 11.8 Å². The summed E-state index contributed by atoms with van der Waals surface area (Å²) in [5.74, 6) is -0.411. The summed E-state index contributed by atoms with van der Waals surface area (Å²) < 4.78 is 0. The lowest BCUT2D eigenvalue weighted by Crippen LogP contribution is -2.09. The predicted octanol–water partition coefficient (Wildman–Crippen LogP) is 2.41. The highest BCUT2D eigenvalue weighted by Crippen LogP contribution is 2.40. The van der Waals surface area contributed by atoms with Gasteiger partial charge in [0, 0.05) is 10.6 Å². The number of anilines is 1. The first-order valence-electron chi connectivity index (χ1n) is 4.07. The number of halogens is 1. The zero-order valence-electron chi connectivity index (χ0n) is 7.37. The molecule has 14 heavy (non-hydrogen) atoms. The Morgan fingerprint density at radius 1 is 1.50 bits per heavy atom. The highest BCUT2D eigenvalue weighted by Gasteiger charge is 2.34. The standard InChI is InChI=1S/C9H7ClN2O2/c1-4-2-3-5(10)6-7(4)11-9(13)8(6)12-14/h2-3,8H,1H3,(H,11,13). The average Bonchev–Trinajstić information content (AvgIpc) is 2.50. The van der Waals surface area contributed by atoms with Crippen LogP contribution in [-0.4, -0.2) is 5.91 Å². The molecule has 5 heteroatoms. The van der Waals surface area contributed by atoms with E-state index in [1.165, 1.54) is 0 Å². The van der Waals surface area contributed by atoms with Crippen molar-refractivity contribution < 1.29 is 4.79 Å². The molecule has 0 fully saturated rings. The lowest BCUT2D eigenvalue weighted by Gasteiger charge is -2.04. The predicted molar refractivity (Wildman–Crippen MR) is 53.4 cm³/mol. The maximum atomic E-state index is 11.3. The number of hydrogen-bond donors (Lipinski definition) is 1. The number of aryl methyl sites for hydroxylation is 1. The molecule has 0 saturated carbocycles. The fourth-order valence-electron chi connectivity index (χ4n) is 1.56. The van der Waals surface area contributed by atoms with Gasteiger partial charge in [-0.05, 0) is 18.6 Å². The smallest absolute Gasteiger partial charge is 0.257 e. The highest BCUT2D eigenvalue weighted by atomic mass is 35.5. The summed E-state index contributed by atoms with van der Waals surface area (Å²) in [7, 11) is 0. The minimum absolute atomic E-state index is 0.397. The second-order valence-electron chi connectivity index (χ2n) is 3.15. The normalized spacial score (nSPS) is 19.0. The summed E-state index contributed by atoms with van der Waals surface area (Å²) in [6.07, 6.45) is 0. The number of amides is 1. The number of benzene rings is 1. The van der Waals surface area contributed by atoms with E-state index in [2.05, 4.69) is 10.5 Å². The quantitative estimate of drug-likeness (QED) is 0.724. The fraction of sp³-hybridized carbons (Fsp3) is 0.222. The molecular formula is C9H7ClN2O2. The number of rotatable bonds is 1. The number of hydrogen-bond acceptors (Lipinski definition) is 3. The van der Waals surface area contributed by atoms with Crippen molar-refractivity contribution in [1.29, 1.82) is 0 Å². The van der Waals surface area contributed by atoms with E-state index in [0.717, 1.165) is 5.56 Å². The summed E-state index contributed by atoms with van der Waals surface area (Å²) in [6, 6.07) is 2.44. The molecule has 0 radical (unpaired) electrons. The first kappa shape index (κ1) is 9.15. The van der Waals surface area contributed by atoms with Gasteiger partial charge in [-0.3, -0.25) is 4.79 Å². The molecule has 72 valence electrons. The van der Waals surface area contributed by atoms with Crippen molar-refractivity contribution in [2.45, 2.75) is 13.0 Å². The van der Waals surface area contributed by atoms with E-state index in [0.29, 0.717) is 16.3 Å². The Morgan fingerprint density at radius 3 is 2.86 bits per heavy atom. The second-order valence-corrected chi connectivity index (χ2v) is 3.56. The van der Waals surface area contributed by atoms with E-state index in [4.69, 9.17) is 11.6 Å². The lowest BCUT2D eigenvalue weighted by molar-refractivity contribution is -0.116. The number of nitrogens with zero attached hydrogens (tertiary/aromatic N) is 1. The minimum atomic E-state index is -1.00. The van der Waals surface area contributed by atoms with Crippen LogP contribution in [0.5, 0.6) is 0 Å². The number of nitroso groups, excluding NO2 is 1. The van der Waals surface area contributed by atoms with E-state index in [9.17, 15) is 9.70 Å². The van der Waals surface area contributed by atoms with Gasteiger partial charge in [0.2, 0.25) is 0 Å². The largest absolute Gasteiger partial charge is 0.323 e. The molecule has 1 aliphatic rings. The highest BCUT2D eigenvalue weighted by molar-refractivity contribution is 6.32. The Balaban J connectivity index is 2.68. The van der Waals surface area contributed by atoms with E-state index in [-0.39, 0.29) is 0 Å². The van der Waals surface area contributed by atoms with Gasteiger partial charge in [-0.1, -0.05) is 22.8 Å². The minimum Gasteiger partial charge on any atom is -0.323 e. The van der Waals surface area contributed by atoms with Gasteiger partial charge >= 0.3 is 0 Å². The molecule has 1 N–H and O–H groups in total. The molecule has 0 bridgehead atoms. The van der Waals surface area contributed by atoms with E-state index in [1.54, 1.807) is 12.1 Å². The van der Waals surface area contributed by atoms with E-state index >= 15 is 0 Å². The monoisotopic (exact) mass is 210 g/mol. The maximum absolute atomic E-state index is 11.3. The fourth-order valence-corrected chi connectivity index (χ4v) is 1.82. The Labute approximate surface area is 85.2 Å². The molecule has 0 aliphatic carbocycles. The van der Waals surface area contributed by atoms with Crippen molar-refractivity contribution >= 4 is 23.2 Å². The Morgan fingerprint density at radius 2 is 2.21 bits per heavy atom. The van der Waals surface area contributed by atoms with Crippen LogP contribution < -0.4 is 5.32 Å². The van der Waals surface area contributed by atoms with Crippen molar-refractivity contribution in [3.8, 4) is 0 Å². The van der Waals surface area contributed by atoms with Crippen LogP contribution in [0.2, 0.25) is 5.02 Å². The third-order valence-electron chi connectivity index (χ3n) is 2.28. The van der Waals surface area contributed by atoms with Crippen LogP contribution >= 0.6 is 11.6 Å². The first-order chi connectivity index (χ1) is 6.65. The molecule has 1 aliphatic heterocycles. The Kier molecular flexibility index (Phi) is 2.00. The Hall–Kier alpha value is -1.42. The molecular weight excluding hydrogens is 204 g/mol. The van der Waals surface area contributed by atoms with Crippen molar-refractivity contribution in [3.05, 3.63) is 33.2 Å². The van der Waals surface area contributed by atoms with Crippen LogP contribution in [0.1, 0.15) is 17.2 Å². The van der Waals surface area contributed by atoms with Gasteiger partial charge in [0.05, 0.1) is 5.69 Å². The topological polar surface area (TPSA) is 58.5 Å². The van der Waals surface area contributed by atoms with Gasteiger partial charge < -0.3 is 5.32 Å². The lowest BCUT2D eigenvalue weighted by atomic mass is 10.1. The summed E-state index contributed by atoms with van der Waals surface area (Å²) in [4.78, 5) is 21.8. The van der Waals surface area contributed by atoms with E-state index < -0.39 is 11.9 Å². The van der Waals surface area contributed by atoms with Gasteiger partial charge in [0.15, 0.2) is 6.04 Å². The maximum Gasteiger partial charge on any atom is 0.257 e. The molecule has 0 saturated heterocycles. The summed E-state index contributed by atoms with van der Waals surface area (Å²) >= 11 is 5.89. The van der Waals surface area contributed by atoms with Crippen LogP contribution in [-0.2, 0) is 4.79 Å². The molecule has 1 amide bonds. The van der Waals surface area contributed by atoms with Gasteiger partial charge in [0.1, 0.15) is 0 Å². The number of fused-ring (bicyclic) bond motifs is 1.